The average Bonchev–Trinajstić information content (AvgIpc) is 3.97. The number of fused-ring (bicyclic) bond motifs is 6. The van der Waals surface area contributed by atoms with Crippen LogP contribution in [0.25, 0.3) is 117 Å². The molecule has 290 valence electrons. The van der Waals surface area contributed by atoms with Crippen LogP contribution in [0.2, 0.25) is 0 Å². The number of para-hydroxylation sites is 3. The van der Waals surface area contributed by atoms with Gasteiger partial charge in [-0.25, -0.2) is 15.0 Å². The molecule has 5 nitrogen and oxygen atoms in total. The largest absolute Gasteiger partial charge is 0.456 e. The number of aromatic nitrogens is 4. The summed E-state index contributed by atoms with van der Waals surface area (Å²) in [5, 5.41) is 1.83. The van der Waals surface area contributed by atoms with E-state index in [2.05, 4.69) is 36.4 Å². The number of rotatable bonds is 7. The van der Waals surface area contributed by atoms with Crippen LogP contribution in [-0.4, -0.2) is 19.5 Å². The van der Waals surface area contributed by atoms with E-state index in [-0.39, 0.29) is 27.6 Å². The molecule has 0 fully saturated rings. The normalized spacial score (nSPS) is 13.4. The Morgan fingerprint density at radius 3 is 1.53 bits per heavy atom. The number of furan rings is 1. The molecule has 0 spiro atoms. The summed E-state index contributed by atoms with van der Waals surface area (Å²) in [7, 11) is 0. The van der Waals surface area contributed by atoms with Gasteiger partial charge in [-0.2, -0.15) is 0 Å². The fraction of sp³-hybridized carbons (Fsp3) is 0. The molecule has 0 atom stereocenters. The van der Waals surface area contributed by atoms with E-state index in [0.29, 0.717) is 45.2 Å². The molecule has 0 amide bonds. The molecule has 5 heteroatoms. The summed E-state index contributed by atoms with van der Waals surface area (Å²) in [4.78, 5) is 15.5. The maximum absolute atomic E-state index is 9.38. The van der Waals surface area contributed by atoms with Gasteiger partial charge in [0, 0.05) is 32.7 Å². The summed E-state index contributed by atoms with van der Waals surface area (Å²) in [5.74, 6) is 0.884. The lowest BCUT2D eigenvalue weighted by Crippen LogP contribution is -2.05. The summed E-state index contributed by atoms with van der Waals surface area (Å²) in [6, 6.07) is 51.6. The van der Waals surface area contributed by atoms with Crippen molar-refractivity contribution in [3.8, 4) is 73.2 Å². The SMILES string of the molecule is [2H]c1c([2H])c([2H])c2c(c1[2H])c1c([2H])c([2H])c([2H])c([2H])c1n2-c1cccc(-c2ccc(-c3ccc(-c4ccccc4)cc3)cc2)c1-c1nc(-c2ccccc2)nc(-c2ccc3c(c2)oc2ccccc23)n1. The quantitative estimate of drug-likeness (QED) is 0.161. The Bertz CT molecular complexity index is 4010. The second-order valence-corrected chi connectivity index (χ2v) is 15.0. The molecule has 3 heterocycles. The first-order valence-electron chi connectivity index (χ1n) is 24.2. The first-order chi connectivity index (χ1) is 34.0. The topological polar surface area (TPSA) is 56.7 Å². The molecule has 0 radical (unpaired) electrons. The summed E-state index contributed by atoms with van der Waals surface area (Å²) in [6.45, 7) is 0. The maximum atomic E-state index is 9.38. The third-order valence-electron chi connectivity index (χ3n) is 11.4. The lowest BCUT2D eigenvalue weighted by Gasteiger charge is -2.18. The van der Waals surface area contributed by atoms with Crippen molar-refractivity contribution in [1.82, 2.24) is 19.5 Å². The molecular weight excluding hydrogens is 757 g/mol. The van der Waals surface area contributed by atoms with Crippen LogP contribution < -0.4 is 0 Å². The second-order valence-electron chi connectivity index (χ2n) is 15.0. The number of hydrogen-bond donors (Lipinski definition) is 0. The third kappa shape index (κ3) is 6.06. The summed E-state index contributed by atoms with van der Waals surface area (Å²) in [5.41, 5.74) is 9.07. The fourth-order valence-corrected chi connectivity index (χ4v) is 8.39. The minimum absolute atomic E-state index is 0.0198. The smallest absolute Gasteiger partial charge is 0.166 e. The van der Waals surface area contributed by atoms with Gasteiger partial charge in [-0.3, -0.25) is 0 Å². The van der Waals surface area contributed by atoms with Crippen LogP contribution in [-0.2, 0) is 0 Å². The summed E-state index contributed by atoms with van der Waals surface area (Å²) >= 11 is 0. The van der Waals surface area contributed by atoms with Gasteiger partial charge in [0.1, 0.15) is 11.2 Å². The first kappa shape index (κ1) is 28.1. The lowest BCUT2D eigenvalue weighted by molar-refractivity contribution is 0.669. The molecule has 9 aromatic carbocycles. The predicted molar refractivity (Wildman–Crippen MR) is 254 cm³/mol. The van der Waals surface area contributed by atoms with Crippen molar-refractivity contribution in [3.63, 3.8) is 0 Å². The van der Waals surface area contributed by atoms with E-state index < -0.39 is 48.3 Å². The van der Waals surface area contributed by atoms with Crippen molar-refractivity contribution >= 4 is 43.7 Å². The monoisotopic (exact) mass is 800 g/mol. The number of hydrogen-bond acceptors (Lipinski definition) is 4. The highest BCUT2D eigenvalue weighted by molar-refractivity contribution is 6.10. The molecule has 0 saturated heterocycles. The summed E-state index contributed by atoms with van der Waals surface area (Å²) < 4.78 is 80.0. The van der Waals surface area contributed by atoms with E-state index in [9.17, 15) is 2.74 Å². The molecule has 12 aromatic rings. The molecule has 0 unspecified atom stereocenters. The van der Waals surface area contributed by atoms with Gasteiger partial charge in [-0.1, -0.05) is 182 Å². The molecule has 12 rings (SSSR count). The minimum atomic E-state index is -0.524. The maximum Gasteiger partial charge on any atom is 0.166 e. The highest BCUT2D eigenvalue weighted by Crippen LogP contribution is 2.42. The highest BCUT2D eigenvalue weighted by Gasteiger charge is 2.23. The third-order valence-corrected chi connectivity index (χ3v) is 11.4. The van der Waals surface area contributed by atoms with Crippen LogP contribution in [0.5, 0.6) is 0 Å². The van der Waals surface area contributed by atoms with Crippen LogP contribution in [0.3, 0.4) is 0 Å². The Balaban J connectivity index is 1.15. The van der Waals surface area contributed by atoms with E-state index in [0.717, 1.165) is 44.2 Å². The predicted octanol–water partition coefficient (Wildman–Crippen LogP) is 14.9. The Morgan fingerprint density at radius 2 is 0.871 bits per heavy atom. The molecule has 0 saturated carbocycles. The van der Waals surface area contributed by atoms with E-state index in [1.807, 2.05) is 127 Å². The van der Waals surface area contributed by atoms with Crippen molar-refractivity contribution in [2.24, 2.45) is 0 Å². The van der Waals surface area contributed by atoms with Gasteiger partial charge >= 0.3 is 0 Å². The molecule has 3 aromatic heterocycles. The van der Waals surface area contributed by atoms with Crippen molar-refractivity contribution in [2.75, 3.05) is 0 Å². The molecule has 0 aliphatic rings. The van der Waals surface area contributed by atoms with Crippen molar-refractivity contribution in [3.05, 3.63) is 218 Å². The Labute approximate surface area is 369 Å². The summed E-state index contributed by atoms with van der Waals surface area (Å²) in [6.07, 6.45) is 0. The van der Waals surface area contributed by atoms with Gasteiger partial charge in [0.15, 0.2) is 17.5 Å². The first-order valence-corrected chi connectivity index (χ1v) is 20.2. The van der Waals surface area contributed by atoms with Crippen LogP contribution in [0.15, 0.2) is 223 Å². The zero-order valence-electron chi connectivity index (χ0n) is 40.9. The molecule has 62 heavy (non-hydrogen) atoms. The van der Waals surface area contributed by atoms with E-state index >= 15 is 0 Å². The van der Waals surface area contributed by atoms with Gasteiger partial charge in [0.05, 0.1) is 33.3 Å². The van der Waals surface area contributed by atoms with Gasteiger partial charge in [-0.15, -0.1) is 0 Å². The van der Waals surface area contributed by atoms with Gasteiger partial charge in [0.2, 0.25) is 0 Å². The van der Waals surface area contributed by atoms with Crippen LogP contribution in [0, 0.1) is 0 Å². The molecule has 0 N–H and O–H groups in total. The van der Waals surface area contributed by atoms with Crippen molar-refractivity contribution in [2.45, 2.75) is 0 Å². The van der Waals surface area contributed by atoms with Crippen molar-refractivity contribution < 1.29 is 15.4 Å². The van der Waals surface area contributed by atoms with E-state index in [1.165, 1.54) is 4.57 Å². The number of nitrogens with zero attached hydrogens (tertiary/aromatic N) is 4. The molecular formula is C57H36N4O. The molecule has 0 aliphatic carbocycles. The number of benzene rings is 9. The van der Waals surface area contributed by atoms with Crippen LogP contribution in [0.1, 0.15) is 11.0 Å². The van der Waals surface area contributed by atoms with Gasteiger partial charge in [-0.05, 0) is 69.7 Å². The van der Waals surface area contributed by atoms with Crippen molar-refractivity contribution in [1.29, 1.82) is 0 Å². The average molecular weight is 801 g/mol. The zero-order chi connectivity index (χ0) is 47.9. The Hall–Kier alpha value is -8.41. The highest BCUT2D eigenvalue weighted by atomic mass is 16.3. The fourth-order valence-electron chi connectivity index (χ4n) is 8.39. The second kappa shape index (κ2) is 14.7. The lowest BCUT2D eigenvalue weighted by atomic mass is 9.94. The van der Waals surface area contributed by atoms with Gasteiger partial charge in [0.25, 0.3) is 0 Å². The van der Waals surface area contributed by atoms with Crippen LogP contribution in [0.4, 0.5) is 0 Å². The molecule has 0 bridgehead atoms. The van der Waals surface area contributed by atoms with E-state index in [4.69, 9.17) is 27.6 Å². The standard InChI is InChI=1S/C57H36N4O/c1-3-14-37(15-4-1)38-26-28-39(29-27-38)40-30-32-41(33-31-40)44-21-13-24-51(61-49-22-10-7-18-45(49)46-19-8-11-23-50(46)61)54(44)57-59-55(42-16-5-2-6-17-42)58-56(60-57)43-34-35-48-47-20-9-12-25-52(47)62-53(48)36-43/h1-36H/i7D,8D,10D,11D,18D,19D,22D,23D. The Morgan fingerprint density at radius 1 is 0.371 bits per heavy atom. The Kier molecular flexibility index (Phi) is 6.67. The van der Waals surface area contributed by atoms with Crippen LogP contribution >= 0.6 is 0 Å². The molecule has 0 aliphatic heterocycles. The minimum Gasteiger partial charge on any atom is -0.456 e. The van der Waals surface area contributed by atoms with E-state index in [1.54, 1.807) is 6.07 Å². The van der Waals surface area contributed by atoms with Gasteiger partial charge < -0.3 is 8.98 Å². The zero-order valence-corrected chi connectivity index (χ0v) is 32.9.